The summed E-state index contributed by atoms with van der Waals surface area (Å²) in [6.45, 7) is 0.933. The molecule has 0 aromatic heterocycles. The molecule has 1 aliphatic carbocycles. The van der Waals surface area contributed by atoms with E-state index in [9.17, 15) is 18.0 Å². The number of hydrogen-bond donors (Lipinski definition) is 1. The number of sulfonamides is 1. The number of amides is 2. The van der Waals surface area contributed by atoms with Crippen LogP contribution in [-0.2, 0) is 26.2 Å². The van der Waals surface area contributed by atoms with Gasteiger partial charge < -0.3 is 10.2 Å². The fourth-order valence-electron chi connectivity index (χ4n) is 4.74. The summed E-state index contributed by atoms with van der Waals surface area (Å²) in [5, 5.41) is 4.15. The van der Waals surface area contributed by atoms with Gasteiger partial charge >= 0.3 is 0 Å². The minimum Gasteiger partial charge on any atom is -0.352 e. The van der Waals surface area contributed by atoms with Crippen molar-refractivity contribution in [3.05, 3.63) is 92.4 Å². The molecule has 0 radical (unpaired) electrons. The maximum atomic E-state index is 14.0. The first-order chi connectivity index (χ1) is 19.5. The molecule has 0 saturated heterocycles. The van der Waals surface area contributed by atoms with Crippen LogP contribution in [0.2, 0.25) is 20.1 Å². The summed E-state index contributed by atoms with van der Waals surface area (Å²) in [4.78, 5) is 28.7. The Hall–Kier alpha value is -2.49. The van der Waals surface area contributed by atoms with E-state index in [0.717, 1.165) is 30.0 Å². The van der Waals surface area contributed by atoms with Crippen LogP contribution in [-0.4, -0.2) is 43.8 Å². The Bertz CT molecular complexity index is 1500. The fraction of sp³-hybridized carbons (Fsp3) is 0.310. The molecular formula is C29H29Cl4N3O4S. The molecule has 0 heterocycles. The minimum absolute atomic E-state index is 0.0248. The van der Waals surface area contributed by atoms with Crippen molar-refractivity contribution >= 4 is 73.9 Å². The molecular weight excluding hydrogens is 628 g/mol. The van der Waals surface area contributed by atoms with Crippen molar-refractivity contribution in [2.24, 2.45) is 0 Å². The molecule has 1 aliphatic rings. The predicted octanol–water partition coefficient (Wildman–Crippen LogP) is 6.97. The van der Waals surface area contributed by atoms with Gasteiger partial charge in [0, 0.05) is 32.7 Å². The lowest BCUT2D eigenvalue weighted by atomic mass is 10.1. The van der Waals surface area contributed by atoms with Crippen molar-refractivity contribution in [1.29, 1.82) is 0 Å². The van der Waals surface area contributed by atoms with Crippen molar-refractivity contribution in [2.45, 2.75) is 56.1 Å². The van der Waals surface area contributed by atoms with Gasteiger partial charge in [0.25, 0.3) is 10.0 Å². The molecule has 7 nitrogen and oxygen atoms in total. The number of nitrogens with zero attached hydrogens (tertiary/aromatic N) is 2. The molecule has 218 valence electrons. The zero-order valence-electron chi connectivity index (χ0n) is 22.2. The standard InChI is InChI=1S/C29H29Cl4N3O4S/c1-19(29(38)34-24-7-5-6-8-24)35(17-20-11-12-21(30)16-27(20)33)28(37)18-36(25-14-22(31)13-23(32)15-25)41(39,40)26-9-3-2-4-10-26/h2-4,9-16,19,24H,5-8,17-18H2,1H3,(H,34,38)/t19-/m1/s1. The second-order valence-electron chi connectivity index (χ2n) is 9.88. The Morgan fingerprint density at radius 2 is 1.54 bits per heavy atom. The molecule has 1 N–H and O–H groups in total. The summed E-state index contributed by atoms with van der Waals surface area (Å²) in [6.07, 6.45) is 3.79. The zero-order chi connectivity index (χ0) is 29.7. The summed E-state index contributed by atoms with van der Waals surface area (Å²) in [5.41, 5.74) is 0.653. The quantitative estimate of drug-likeness (QED) is 0.255. The molecule has 2 amide bonds. The molecule has 1 atom stereocenters. The average molecular weight is 657 g/mol. The van der Waals surface area contributed by atoms with Crippen molar-refractivity contribution in [2.75, 3.05) is 10.8 Å². The Kier molecular flexibility index (Phi) is 10.5. The Balaban J connectivity index is 1.72. The number of rotatable bonds is 10. The first kappa shape index (κ1) is 31.4. The maximum absolute atomic E-state index is 14.0. The summed E-state index contributed by atoms with van der Waals surface area (Å²) >= 11 is 24.9. The smallest absolute Gasteiger partial charge is 0.264 e. The van der Waals surface area contributed by atoms with Crippen molar-refractivity contribution < 1.29 is 18.0 Å². The van der Waals surface area contributed by atoms with E-state index in [0.29, 0.717) is 15.6 Å². The van der Waals surface area contributed by atoms with Crippen molar-refractivity contribution in [3.63, 3.8) is 0 Å². The number of anilines is 1. The average Bonchev–Trinajstić information content (AvgIpc) is 3.43. The van der Waals surface area contributed by atoms with E-state index in [1.54, 1.807) is 43.3 Å². The van der Waals surface area contributed by atoms with Gasteiger partial charge in [-0.2, -0.15) is 0 Å². The second kappa shape index (κ2) is 13.7. The lowest BCUT2D eigenvalue weighted by molar-refractivity contribution is -0.139. The zero-order valence-corrected chi connectivity index (χ0v) is 26.0. The van der Waals surface area contributed by atoms with Gasteiger partial charge in [0.15, 0.2) is 0 Å². The molecule has 0 aliphatic heterocycles. The van der Waals surface area contributed by atoms with Crippen LogP contribution in [0.3, 0.4) is 0 Å². The number of benzene rings is 3. The highest BCUT2D eigenvalue weighted by Gasteiger charge is 2.34. The third kappa shape index (κ3) is 7.87. The predicted molar refractivity (Wildman–Crippen MR) is 164 cm³/mol. The van der Waals surface area contributed by atoms with Crippen LogP contribution in [0.5, 0.6) is 0 Å². The van der Waals surface area contributed by atoms with Gasteiger partial charge in [-0.15, -0.1) is 0 Å². The van der Waals surface area contributed by atoms with Crippen molar-refractivity contribution in [3.8, 4) is 0 Å². The monoisotopic (exact) mass is 655 g/mol. The third-order valence-electron chi connectivity index (χ3n) is 6.97. The molecule has 1 fully saturated rings. The van der Waals surface area contributed by atoms with E-state index in [2.05, 4.69) is 5.32 Å². The second-order valence-corrected chi connectivity index (χ2v) is 13.5. The first-order valence-corrected chi connectivity index (χ1v) is 16.0. The Morgan fingerprint density at radius 3 is 2.15 bits per heavy atom. The van der Waals surface area contributed by atoms with Gasteiger partial charge in [0.2, 0.25) is 11.8 Å². The summed E-state index contributed by atoms with van der Waals surface area (Å²) < 4.78 is 28.6. The van der Waals surface area contributed by atoms with Gasteiger partial charge in [0.1, 0.15) is 12.6 Å². The van der Waals surface area contributed by atoms with Gasteiger partial charge in [-0.1, -0.05) is 83.5 Å². The van der Waals surface area contributed by atoms with E-state index in [1.807, 2.05) is 0 Å². The largest absolute Gasteiger partial charge is 0.352 e. The van der Waals surface area contributed by atoms with Crippen LogP contribution in [0.4, 0.5) is 5.69 Å². The van der Waals surface area contributed by atoms with Crippen LogP contribution < -0.4 is 9.62 Å². The SMILES string of the molecule is C[C@H](C(=O)NC1CCCC1)N(Cc1ccc(Cl)cc1Cl)C(=O)CN(c1cc(Cl)cc(Cl)c1)S(=O)(=O)c1ccccc1. The van der Waals surface area contributed by atoms with E-state index < -0.39 is 28.5 Å². The third-order valence-corrected chi connectivity index (χ3v) is 9.78. The van der Waals surface area contributed by atoms with E-state index in [1.165, 1.54) is 35.2 Å². The normalized spacial score (nSPS) is 14.5. The van der Waals surface area contributed by atoms with E-state index >= 15 is 0 Å². The molecule has 12 heteroatoms. The molecule has 3 aromatic carbocycles. The number of halogens is 4. The van der Waals surface area contributed by atoms with Crippen LogP contribution in [0.15, 0.2) is 71.6 Å². The van der Waals surface area contributed by atoms with Crippen LogP contribution >= 0.6 is 46.4 Å². The first-order valence-electron chi connectivity index (χ1n) is 13.0. The molecule has 0 spiro atoms. The van der Waals surface area contributed by atoms with E-state index in [-0.39, 0.29) is 39.1 Å². The summed E-state index contributed by atoms with van der Waals surface area (Å²) in [5.74, 6) is -0.959. The van der Waals surface area contributed by atoms with Gasteiger partial charge in [-0.05, 0) is 67.8 Å². The topological polar surface area (TPSA) is 86.8 Å². The highest BCUT2D eigenvalue weighted by atomic mass is 35.5. The van der Waals surface area contributed by atoms with Gasteiger partial charge in [-0.3, -0.25) is 13.9 Å². The number of nitrogens with one attached hydrogen (secondary N) is 1. The molecule has 4 rings (SSSR count). The lowest BCUT2D eigenvalue weighted by Crippen LogP contribution is -2.52. The Labute approximate surface area is 260 Å². The highest BCUT2D eigenvalue weighted by Crippen LogP contribution is 2.31. The number of carbonyl (C=O) groups is 2. The van der Waals surface area contributed by atoms with Crippen LogP contribution in [0.25, 0.3) is 0 Å². The van der Waals surface area contributed by atoms with E-state index in [4.69, 9.17) is 46.4 Å². The fourth-order valence-corrected chi connectivity index (χ4v) is 7.14. The van der Waals surface area contributed by atoms with Crippen LogP contribution in [0, 0.1) is 0 Å². The maximum Gasteiger partial charge on any atom is 0.264 e. The van der Waals surface area contributed by atoms with Crippen molar-refractivity contribution in [1.82, 2.24) is 10.2 Å². The summed E-state index contributed by atoms with van der Waals surface area (Å²) in [6, 6.07) is 16.0. The molecule has 1 saturated carbocycles. The lowest BCUT2D eigenvalue weighted by Gasteiger charge is -2.32. The van der Waals surface area contributed by atoms with Gasteiger partial charge in [-0.25, -0.2) is 8.42 Å². The Morgan fingerprint density at radius 1 is 0.902 bits per heavy atom. The summed E-state index contributed by atoms with van der Waals surface area (Å²) in [7, 11) is -4.24. The molecule has 3 aromatic rings. The highest BCUT2D eigenvalue weighted by molar-refractivity contribution is 7.92. The minimum atomic E-state index is -4.24. The molecule has 0 unspecified atom stereocenters. The molecule has 41 heavy (non-hydrogen) atoms. The number of hydrogen-bond acceptors (Lipinski definition) is 4. The molecule has 0 bridgehead atoms. The van der Waals surface area contributed by atoms with Gasteiger partial charge in [0.05, 0.1) is 10.6 Å². The van der Waals surface area contributed by atoms with Crippen LogP contribution in [0.1, 0.15) is 38.2 Å². The number of carbonyl (C=O) groups excluding carboxylic acids is 2.